The number of carbonyl (C=O) groups is 1. The molecule has 0 aliphatic heterocycles. The fourth-order valence-corrected chi connectivity index (χ4v) is 4.07. The second kappa shape index (κ2) is 7.78. The molecule has 0 fully saturated rings. The fourth-order valence-electron chi connectivity index (χ4n) is 2.70. The van der Waals surface area contributed by atoms with Crippen LogP contribution in [0.15, 0.2) is 29.3 Å². The van der Waals surface area contributed by atoms with E-state index in [1.807, 2.05) is 12.1 Å². The Morgan fingerprint density at radius 1 is 1.31 bits per heavy atom. The Balaban J connectivity index is 1.64. The van der Waals surface area contributed by atoms with Crippen LogP contribution in [0.25, 0.3) is 10.2 Å². The maximum atomic E-state index is 12.5. The van der Waals surface area contributed by atoms with Gasteiger partial charge in [-0.2, -0.15) is 0 Å². The van der Waals surface area contributed by atoms with Gasteiger partial charge in [0.05, 0.1) is 26.6 Å². The van der Waals surface area contributed by atoms with Crippen molar-refractivity contribution in [3.63, 3.8) is 0 Å². The van der Waals surface area contributed by atoms with Gasteiger partial charge in [-0.15, -0.1) is 11.3 Å². The summed E-state index contributed by atoms with van der Waals surface area (Å²) in [6.07, 6.45) is 3.03. The highest BCUT2D eigenvalue weighted by atomic mass is 35.5. The van der Waals surface area contributed by atoms with Gasteiger partial charge in [0.1, 0.15) is 4.83 Å². The molecule has 0 saturated heterocycles. The number of rotatable bonds is 5. The molecule has 0 saturated carbocycles. The SMILES string of the molecule is Cc1c(C(=O)NCCCc2ccc(Cl)c(Cl)c2)sc2ncn(C)c(=O)c12. The Hall–Kier alpha value is -1.89. The molecule has 2 aromatic heterocycles. The van der Waals surface area contributed by atoms with E-state index in [9.17, 15) is 9.59 Å². The third-order valence-corrected chi connectivity index (χ3v) is 6.07. The smallest absolute Gasteiger partial charge is 0.262 e. The third kappa shape index (κ3) is 3.77. The minimum Gasteiger partial charge on any atom is -0.351 e. The number of hydrogen-bond donors (Lipinski definition) is 1. The summed E-state index contributed by atoms with van der Waals surface area (Å²) in [5.74, 6) is -0.179. The van der Waals surface area contributed by atoms with E-state index >= 15 is 0 Å². The summed E-state index contributed by atoms with van der Waals surface area (Å²) in [6.45, 7) is 2.31. The van der Waals surface area contributed by atoms with Crippen molar-refractivity contribution in [2.24, 2.45) is 7.05 Å². The summed E-state index contributed by atoms with van der Waals surface area (Å²) < 4.78 is 1.42. The highest BCUT2D eigenvalue weighted by Gasteiger charge is 2.18. The lowest BCUT2D eigenvalue weighted by Crippen LogP contribution is -2.24. The second-order valence-corrected chi connectivity index (χ2v) is 7.82. The Morgan fingerprint density at radius 2 is 2.08 bits per heavy atom. The van der Waals surface area contributed by atoms with Crippen LogP contribution in [0, 0.1) is 6.92 Å². The van der Waals surface area contributed by atoms with E-state index in [4.69, 9.17) is 23.2 Å². The van der Waals surface area contributed by atoms with E-state index in [0.29, 0.717) is 37.2 Å². The molecular formula is C18H17Cl2N3O2S. The number of fused-ring (bicyclic) bond motifs is 1. The Kier molecular flexibility index (Phi) is 5.65. The minimum absolute atomic E-state index is 0.137. The maximum absolute atomic E-state index is 12.5. The van der Waals surface area contributed by atoms with Gasteiger partial charge >= 0.3 is 0 Å². The van der Waals surface area contributed by atoms with Crippen molar-refractivity contribution in [3.8, 4) is 0 Å². The van der Waals surface area contributed by atoms with Crippen molar-refractivity contribution < 1.29 is 4.79 Å². The van der Waals surface area contributed by atoms with Crippen molar-refractivity contribution in [1.29, 1.82) is 0 Å². The lowest BCUT2D eigenvalue weighted by Gasteiger charge is -2.06. The van der Waals surface area contributed by atoms with Crippen LogP contribution < -0.4 is 10.9 Å². The Labute approximate surface area is 164 Å². The summed E-state index contributed by atoms with van der Waals surface area (Å²) in [4.78, 5) is 30.1. The normalized spacial score (nSPS) is 11.1. The van der Waals surface area contributed by atoms with Crippen LogP contribution in [-0.2, 0) is 13.5 Å². The first-order valence-electron chi connectivity index (χ1n) is 8.05. The molecule has 0 bridgehead atoms. The summed E-state index contributed by atoms with van der Waals surface area (Å²) in [5, 5.41) is 4.48. The molecule has 0 aliphatic rings. The molecule has 1 N–H and O–H groups in total. The van der Waals surface area contributed by atoms with E-state index in [1.54, 1.807) is 20.0 Å². The van der Waals surface area contributed by atoms with Crippen LogP contribution in [-0.4, -0.2) is 22.0 Å². The maximum Gasteiger partial charge on any atom is 0.262 e. The molecule has 0 unspecified atom stereocenters. The van der Waals surface area contributed by atoms with Crippen LogP contribution in [0.5, 0.6) is 0 Å². The molecule has 0 radical (unpaired) electrons. The average Bonchev–Trinajstić information content (AvgIpc) is 2.95. The van der Waals surface area contributed by atoms with Crippen molar-refractivity contribution >= 4 is 50.7 Å². The number of halogens is 2. The molecule has 0 atom stereocenters. The molecule has 5 nitrogen and oxygen atoms in total. The quantitative estimate of drug-likeness (QED) is 0.648. The summed E-state index contributed by atoms with van der Waals surface area (Å²) in [6, 6.07) is 5.53. The van der Waals surface area contributed by atoms with Crippen LogP contribution in [0.1, 0.15) is 27.2 Å². The highest BCUT2D eigenvalue weighted by Crippen LogP contribution is 2.26. The van der Waals surface area contributed by atoms with Gasteiger partial charge in [-0.1, -0.05) is 29.3 Å². The topological polar surface area (TPSA) is 64.0 Å². The zero-order chi connectivity index (χ0) is 18.8. The molecule has 0 spiro atoms. The van der Waals surface area contributed by atoms with Crippen LogP contribution in [0.2, 0.25) is 10.0 Å². The number of nitrogens with one attached hydrogen (secondary N) is 1. The molecule has 8 heteroatoms. The van der Waals surface area contributed by atoms with E-state index in [2.05, 4.69) is 10.3 Å². The number of aryl methyl sites for hydroxylation is 3. The van der Waals surface area contributed by atoms with Crippen molar-refractivity contribution in [1.82, 2.24) is 14.9 Å². The first kappa shape index (κ1) is 18.9. The van der Waals surface area contributed by atoms with E-state index in [0.717, 1.165) is 18.4 Å². The largest absolute Gasteiger partial charge is 0.351 e. The zero-order valence-corrected chi connectivity index (χ0v) is 16.6. The number of carbonyl (C=O) groups excluding carboxylic acids is 1. The Morgan fingerprint density at radius 3 is 2.81 bits per heavy atom. The molecule has 136 valence electrons. The highest BCUT2D eigenvalue weighted by molar-refractivity contribution is 7.20. The van der Waals surface area contributed by atoms with Gasteiger partial charge in [-0.05, 0) is 43.0 Å². The van der Waals surface area contributed by atoms with Gasteiger partial charge in [0, 0.05) is 13.6 Å². The molecule has 3 rings (SSSR count). The van der Waals surface area contributed by atoms with Crippen molar-refractivity contribution in [3.05, 3.63) is 60.9 Å². The fraction of sp³-hybridized carbons (Fsp3) is 0.278. The number of aromatic nitrogens is 2. The van der Waals surface area contributed by atoms with Gasteiger partial charge < -0.3 is 9.88 Å². The average molecular weight is 410 g/mol. The summed E-state index contributed by atoms with van der Waals surface area (Å²) >= 11 is 13.2. The predicted octanol–water partition coefficient (Wildman–Crippen LogP) is 3.97. The molecule has 2 heterocycles. The molecule has 0 aliphatic carbocycles. The molecule has 3 aromatic rings. The molecule has 26 heavy (non-hydrogen) atoms. The first-order valence-corrected chi connectivity index (χ1v) is 9.62. The molecular weight excluding hydrogens is 393 g/mol. The number of benzene rings is 1. The lowest BCUT2D eigenvalue weighted by molar-refractivity contribution is 0.0957. The van der Waals surface area contributed by atoms with E-state index < -0.39 is 0 Å². The van der Waals surface area contributed by atoms with Gasteiger partial charge in [0.15, 0.2) is 0 Å². The first-order chi connectivity index (χ1) is 12.4. The lowest BCUT2D eigenvalue weighted by atomic mass is 10.1. The monoisotopic (exact) mass is 409 g/mol. The number of amides is 1. The third-order valence-electron chi connectivity index (χ3n) is 4.13. The van der Waals surface area contributed by atoms with Gasteiger partial charge in [0.25, 0.3) is 11.5 Å². The van der Waals surface area contributed by atoms with Crippen LogP contribution >= 0.6 is 34.5 Å². The summed E-state index contributed by atoms with van der Waals surface area (Å²) in [7, 11) is 1.65. The second-order valence-electron chi connectivity index (χ2n) is 6.00. The predicted molar refractivity (Wildman–Crippen MR) is 107 cm³/mol. The number of hydrogen-bond acceptors (Lipinski definition) is 4. The Bertz CT molecular complexity index is 1040. The summed E-state index contributed by atoms with van der Waals surface area (Å²) in [5.41, 5.74) is 1.61. The van der Waals surface area contributed by atoms with Gasteiger partial charge in [-0.3, -0.25) is 9.59 Å². The molecule has 1 aromatic carbocycles. The number of thiophene rings is 1. The van der Waals surface area contributed by atoms with E-state index in [1.165, 1.54) is 22.2 Å². The standard InChI is InChI=1S/C18H17Cl2N3O2S/c1-10-14-17(22-9-23(2)18(14)25)26-15(10)16(24)21-7-3-4-11-5-6-12(19)13(20)8-11/h5-6,8-9H,3-4,7H2,1-2H3,(H,21,24). The number of nitrogens with zero attached hydrogens (tertiary/aromatic N) is 2. The van der Waals surface area contributed by atoms with Crippen molar-refractivity contribution in [2.45, 2.75) is 19.8 Å². The van der Waals surface area contributed by atoms with Crippen molar-refractivity contribution in [2.75, 3.05) is 6.54 Å². The van der Waals surface area contributed by atoms with Crippen LogP contribution in [0.3, 0.4) is 0 Å². The van der Waals surface area contributed by atoms with Gasteiger partial charge in [0.2, 0.25) is 0 Å². The molecule has 1 amide bonds. The van der Waals surface area contributed by atoms with Gasteiger partial charge in [-0.25, -0.2) is 4.98 Å². The van der Waals surface area contributed by atoms with E-state index in [-0.39, 0.29) is 11.5 Å². The van der Waals surface area contributed by atoms with Crippen LogP contribution in [0.4, 0.5) is 0 Å². The minimum atomic E-state index is -0.179. The zero-order valence-electron chi connectivity index (χ0n) is 14.3.